The summed E-state index contributed by atoms with van der Waals surface area (Å²) in [4.78, 5) is 11.3. The summed E-state index contributed by atoms with van der Waals surface area (Å²) in [6, 6.07) is 1.39. The highest BCUT2D eigenvalue weighted by atomic mass is 35.5. The number of sulfonamides is 1. The Labute approximate surface area is 107 Å². The molecule has 2 aromatic rings. The first kappa shape index (κ1) is 12.7. The molecule has 2 N–H and O–H groups in total. The van der Waals surface area contributed by atoms with Crippen molar-refractivity contribution >= 4 is 21.6 Å². The molecule has 0 spiro atoms. The van der Waals surface area contributed by atoms with Gasteiger partial charge in [0.2, 0.25) is 5.88 Å². The lowest BCUT2D eigenvalue weighted by Crippen LogP contribution is -2.14. The van der Waals surface area contributed by atoms with E-state index in [4.69, 9.17) is 21.5 Å². The van der Waals surface area contributed by atoms with Crippen molar-refractivity contribution in [1.82, 2.24) is 24.7 Å². The molecule has 18 heavy (non-hydrogen) atoms. The molecule has 0 unspecified atom stereocenters. The molecule has 2 rings (SSSR count). The average Bonchev–Trinajstić information content (AvgIpc) is 2.77. The molecule has 0 amide bonds. The number of hydrogen-bond donors (Lipinski definition) is 1. The van der Waals surface area contributed by atoms with E-state index in [1.54, 1.807) is 0 Å². The second-order valence-corrected chi connectivity index (χ2v) is 4.89. The number of primary sulfonamides is 1. The Balaban J connectivity index is 2.49. The Kier molecular flexibility index (Phi) is 3.15. The number of methoxy groups -OCH3 is 1. The molecule has 0 saturated heterocycles. The normalized spacial score (nSPS) is 11.5. The van der Waals surface area contributed by atoms with Crippen molar-refractivity contribution in [3.63, 3.8) is 0 Å². The van der Waals surface area contributed by atoms with E-state index < -0.39 is 15.2 Å². The molecule has 2 aromatic heterocycles. The number of nitrogens with two attached hydrogens (primary N) is 1. The first-order valence-corrected chi connectivity index (χ1v) is 6.36. The maximum absolute atomic E-state index is 11.0. The van der Waals surface area contributed by atoms with E-state index in [0.29, 0.717) is 0 Å². The largest absolute Gasteiger partial charge is 0.481 e. The molecule has 9 nitrogen and oxygen atoms in total. The molecule has 96 valence electrons. The summed E-state index contributed by atoms with van der Waals surface area (Å²) in [7, 11) is -2.58. The Hall–Kier alpha value is -1.78. The van der Waals surface area contributed by atoms with Gasteiger partial charge in [-0.25, -0.2) is 18.5 Å². The third-order valence-electron chi connectivity index (χ3n) is 1.80. The zero-order valence-electron chi connectivity index (χ0n) is 8.98. The van der Waals surface area contributed by atoms with Gasteiger partial charge in [-0.1, -0.05) is 11.6 Å². The van der Waals surface area contributed by atoms with Crippen LogP contribution in [0.15, 0.2) is 17.6 Å². The van der Waals surface area contributed by atoms with Crippen LogP contribution < -0.4 is 9.88 Å². The molecule has 11 heteroatoms. The van der Waals surface area contributed by atoms with Gasteiger partial charge < -0.3 is 4.74 Å². The summed E-state index contributed by atoms with van der Waals surface area (Å²) in [6.45, 7) is 0. The van der Waals surface area contributed by atoms with Crippen molar-refractivity contribution in [3.05, 3.63) is 17.5 Å². The van der Waals surface area contributed by atoms with Crippen LogP contribution in [0.25, 0.3) is 5.95 Å². The fourth-order valence-corrected chi connectivity index (χ4v) is 1.63. The molecule has 0 bridgehead atoms. The fourth-order valence-electron chi connectivity index (χ4n) is 1.07. The van der Waals surface area contributed by atoms with E-state index in [2.05, 4.69) is 20.1 Å². The third kappa shape index (κ3) is 2.55. The zero-order chi connectivity index (χ0) is 13.3. The van der Waals surface area contributed by atoms with E-state index in [9.17, 15) is 8.42 Å². The Morgan fingerprint density at radius 2 is 2.17 bits per heavy atom. The van der Waals surface area contributed by atoms with Crippen LogP contribution in [-0.4, -0.2) is 40.3 Å². The number of aromatic nitrogens is 5. The van der Waals surface area contributed by atoms with Crippen LogP contribution in [0.3, 0.4) is 0 Å². The quantitative estimate of drug-likeness (QED) is 0.745. The maximum Gasteiger partial charge on any atom is 0.282 e. The van der Waals surface area contributed by atoms with Crippen LogP contribution in [0.2, 0.25) is 5.15 Å². The van der Waals surface area contributed by atoms with Crippen LogP contribution >= 0.6 is 11.6 Å². The molecule has 0 radical (unpaired) electrons. The summed E-state index contributed by atoms with van der Waals surface area (Å²) in [5.41, 5.74) is 0. The molecule has 2 heterocycles. The number of halogens is 1. The predicted molar refractivity (Wildman–Crippen MR) is 59.9 cm³/mol. The minimum Gasteiger partial charge on any atom is -0.481 e. The van der Waals surface area contributed by atoms with Gasteiger partial charge >= 0.3 is 0 Å². The van der Waals surface area contributed by atoms with Gasteiger partial charge in [-0.3, -0.25) is 0 Å². The second-order valence-electron chi connectivity index (χ2n) is 3.05. The first-order chi connectivity index (χ1) is 8.40. The number of hydrogen-bond acceptors (Lipinski definition) is 7. The summed E-state index contributed by atoms with van der Waals surface area (Å²) in [6.07, 6.45) is 1.10. The molecule has 0 atom stereocenters. The standard InChI is InChI=1S/C7H7ClN6O3S/c1-17-5-2-4(8)11-6(12-5)14-3-10-7(13-14)18(9,15)16/h2-3H,1H3,(H2,9,15,16). The highest BCUT2D eigenvalue weighted by molar-refractivity contribution is 7.89. The van der Waals surface area contributed by atoms with Crippen molar-refractivity contribution in [2.45, 2.75) is 5.16 Å². The SMILES string of the molecule is COc1cc(Cl)nc(-n2cnc(S(N)(=O)=O)n2)n1. The third-order valence-corrected chi connectivity index (χ3v) is 2.69. The van der Waals surface area contributed by atoms with Gasteiger partial charge in [0.05, 0.1) is 7.11 Å². The number of nitrogens with zero attached hydrogens (tertiary/aromatic N) is 5. The van der Waals surface area contributed by atoms with Gasteiger partial charge in [-0.05, 0) is 0 Å². The first-order valence-electron chi connectivity index (χ1n) is 4.43. The Bertz CT molecular complexity index is 684. The molecule has 0 saturated carbocycles. The van der Waals surface area contributed by atoms with Gasteiger partial charge in [0.15, 0.2) is 0 Å². The predicted octanol–water partition coefficient (Wildman–Crippen LogP) is -0.633. The van der Waals surface area contributed by atoms with Gasteiger partial charge in [-0.15, -0.1) is 5.10 Å². The summed E-state index contributed by atoms with van der Waals surface area (Å²) in [5.74, 6) is 0.222. The molecule has 0 aliphatic heterocycles. The smallest absolute Gasteiger partial charge is 0.282 e. The van der Waals surface area contributed by atoms with Crippen molar-refractivity contribution < 1.29 is 13.2 Å². The van der Waals surface area contributed by atoms with Gasteiger partial charge in [0.1, 0.15) is 11.5 Å². The maximum atomic E-state index is 11.0. The van der Waals surface area contributed by atoms with E-state index in [1.165, 1.54) is 13.2 Å². The summed E-state index contributed by atoms with van der Waals surface area (Å²) < 4.78 is 27.9. The summed E-state index contributed by atoms with van der Waals surface area (Å²) >= 11 is 5.74. The van der Waals surface area contributed by atoms with Crippen molar-refractivity contribution in [3.8, 4) is 11.8 Å². The zero-order valence-corrected chi connectivity index (χ0v) is 10.6. The van der Waals surface area contributed by atoms with Crippen LogP contribution in [-0.2, 0) is 10.0 Å². The monoisotopic (exact) mass is 290 g/mol. The van der Waals surface area contributed by atoms with Crippen molar-refractivity contribution in [2.24, 2.45) is 5.14 Å². The van der Waals surface area contributed by atoms with Crippen molar-refractivity contribution in [2.75, 3.05) is 7.11 Å². The van der Waals surface area contributed by atoms with E-state index >= 15 is 0 Å². The second kappa shape index (κ2) is 4.48. The van der Waals surface area contributed by atoms with E-state index in [0.717, 1.165) is 11.0 Å². The highest BCUT2D eigenvalue weighted by Gasteiger charge is 2.16. The number of ether oxygens (including phenoxy) is 1. The topological polar surface area (TPSA) is 126 Å². The van der Waals surface area contributed by atoms with E-state index in [-0.39, 0.29) is 17.0 Å². The lowest BCUT2D eigenvalue weighted by Gasteiger charge is -2.02. The van der Waals surface area contributed by atoms with E-state index in [1.807, 2.05) is 0 Å². The molecular formula is C7H7ClN6O3S. The Morgan fingerprint density at radius 3 is 2.72 bits per heavy atom. The molecule has 0 aliphatic carbocycles. The van der Waals surface area contributed by atoms with Crippen LogP contribution in [0, 0.1) is 0 Å². The van der Waals surface area contributed by atoms with Gasteiger partial charge in [0.25, 0.3) is 21.1 Å². The van der Waals surface area contributed by atoms with Crippen LogP contribution in [0.5, 0.6) is 5.88 Å². The van der Waals surface area contributed by atoms with Gasteiger partial charge in [0, 0.05) is 6.07 Å². The Morgan fingerprint density at radius 1 is 1.44 bits per heavy atom. The fraction of sp³-hybridized carbons (Fsp3) is 0.143. The molecule has 0 fully saturated rings. The van der Waals surface area contributed by atoms with Crippen LogP contribution in [0.1, 0.15) is 0 Å². The molecule has 0 aliphatic rings. The lowest BCUT2D eigenvalue weighted by atomic mass is 10.6. The van der Waals surface area contributed by atoms with Gasteiger partial charge in [-0.2, -0.15) is 14.6 Å². The molecule has 0 aromatic carbocycles. The average molecular weight is 291 g/mol. The number of rotatable bonds is 3. The van der Waals surface area contributed by atoms with Crippen molar-refractivity contribution in [1.29, 1.82) is 0 Å². The molecular weight excluding hydrogens is 284 g/mol. The summed E-state index contributed by atoms with van der Waals surface area (Å²) in [5, 5.41) is 8.08. The minimum atomic E-state index is -3.98. The highest BCUT2D eigenvalue weighted by Crippen LogP contribution is 2.15. The lowest BCUT2D eigenvalue weighted by molar-refractivity contribution is 0.395. The minimum absolute atomic E-state index is 0.0155. The van der Waals surface area contributed by atoms with Crippen LogP contribution in [0.4, 0.5) is 0 Å².